The predicted molar refractivity (Wildman–Crippen MR) is 153 cm³/mol. The molecular formula is C32H17NO3Te. The molecule has 0 radical (unpaired) electrons. The Morgan fingerprint density at radius 1 is 0.541 bits per heavy atom. The fraction of sp³-hybridized carbons (Fsp3) is 0. The molecule has 0 fully saturated rings. The molecule has 174 valence electrons. The van der Waals surface area contributed by atoms with Crippen LogP contribution in [-0.4, -0.2) is 25.0 Å². The van der Waals surface area contributed by atoms with Crippen molar-refractivity contribution < 1.29 is 4.42 Å². The van der Waals surface area contributed by atoms with E-state index in [2.05, 4.69) is 28.8 Å². The van der Waals surface area contributed by atoms with Gasteiger partial charge in [0.15, 0.2) is 0 Å². The number of fused-ring (bicyclic) bond motifs is 7. The number of nitrogens with zero attached hydrogens (tertiary/aromatic N) is 1. The standard InChI is InChI=1S/C32H17NO3Te/c34-30-20-10-3-6-15-28(20)37-29-17-27-22(16-23(29)30)31(35)21-11-7-14-26(32(21)36-27)33-24-12-4-1-8-18(24)19-9-2-5-13-25(19)33/h1-17H. The number of aromatic nitrogens is 1. The molecule has 4 nitrogen and oxygen atoms in total. The second-order valence-electron chi connectivity index (χ2n) is 9.23. The molecule has 8 rings (SSSR count). The Morgan fingerprint density at radius 2 is 1.16 bits per heavy atom. The van der Waals surface area contributed by atoms with Crippen molar-refractivity contribution in [3.05, 3.63) is 124 Å². The van der Waals surface area contributed by atoms with Crippen molar-refractivity contribution in [1.82, 2.24) is 4.57 Å². The van der Waals surface area contributed by atoms with Crippen LogP contribution in [0.3, 0.4) is 0 Å². The van der Waals surface area contributed by atoms with Gasteiger partial charge in [-0.05, 0) is 0 Å². The third-order valence-corrected chi connectivity index (χ3v) is 10.4. The molecule has 0 spiro atoms. The van der Waals surface area contributed by atoms with Gasteiger partial charge < -0.3 is 0 Å². The van der Waals surface area contributed by atoms with E-state index in [0.29, 0.717) is 27.3 Å². The van der Waals surface area contributed by atoms with Gasteiger partial charge in [0.1, 0.15) is 0 Å². The van der Waals surface area contributed by atoms with Crippen LogP contribution < -0.4 is 10.9 Å². The summed E-state index contributed by atoms with van der Waals surface area (Å²) in [7, 11) is 0. The number of hydrogen-bond acceptors (Lipinski definition) is 3. The van der Waals surface area contributed by atoms with E-state index in [1.165, 1.54) is 0 Å². The first kappa shape index (κ1) is 21.0. The summed E-state index contributed by atoms with van der Waals surface area (Å²) in [6.07, 6.45) is 0. The molecule has 0 N–H and O–H groups in total. The van der Waals surface area contributed by atoms with Crippen molar-refractivity contribution in [3.8, 4) is 5.69 Å². The van der Waals surface area contributed by atoms with E-state index in [-0.39, 0.29) is 10.9 Å². The quantitative estimate of drug-likeness (QED) is 0.157. The number of para-hydroxylation sites is 3. The van der Waals surface area contributed by atoms with Crippen molar-refractivity contribution in [3.63, 3.8) is 0 Å². The van der Waals surface area contributed by atoms with Crippen LogP contribution >= 0.6 is 0 Å². The number of hydrogen-bond donors (Lipinski definition) is 0. The summed E-state index contributed by atoms with van der Waals surface area (Å²) in [6, 6.07) is 33.8. The summed E-state index contributed by atoms with van der Waals surface area (Å²) in [6.45, 7) is 0. The van der Waals surface area contributed by atoms with Gasteiger partial charge in [-0.15, -0.1) is 0 Å². The molecule has 37 heavy (non-hydrogen) atoms. The zero-order valence-electron chi connectivity index (χ0n) is 19.4. The second kappa shape index (κ2) is 7.66. The molecule has 5 heteroatoms. The van der Waals surface area contributed by atoms with Gasteiger partial charge in [0, 0.05) is 0 Å². The summed E-state index contributed by atoms with van der Waals surface area (Å²) >= 11 is -0.778. The maximum absolute atomic E-state index is 13.8. The van der Waals surface area contributed by atoms with E-state index >= 15 is 0 Å². The molecule has 0 bridgehead atoms. The molecule has 0 unspecified atom stereocenters. The van der Waals surface area contributed by atoms with Crippen LogP contribution in [0.2, 0.25) is 0 Å². The minimum absolute atomic E-state index is 0.0117. The first-order chi connectivity index (χ1) is 18.2. The van der Waals surface area contributed by atoms with E-state index < -0.39 is 20.4 Å². The summed E-state index contributed by atoms with van der Waals surface area (Å²) in [4.78, 5) is 27.1. The van der Waals surface area contributed by atoms with Crippen molar-refractivity contribution in [2.24, 2.45) is 0 Å². The van der Waals surface area contributed by atoms with Gasteiger partial charge in [-0.3, -0.25) is 0 Å². The molecule has 0 saturated heterocycles. The van der Waals surface area contributed by atoms with Crippen LogP contribution in [0.15, 0.2) is 117 Å². The molecular weight excluding hydrogens is 574 g/mol. The summed E-state index contributed by atoms with van der Waals surface area (Å²) in [5.74, 6) is 0. The SMILES string of the molecule is O=c1c2ccccc2[te]c2cc3oc4c(-n5c6ccccc6c6ccccc65)cccc4c(=O)c3cc12. The van der Waals surface area contributed by atoms with E-state index in [1.807, 2.05) is 72.8 Å². The van der Waals surface area contributed by atoms with Gasteiger partial charge in [-0.1, -0.05) is 0 Å². The first-order valence-corrected chi connectivity index (χ1v) is 14.4. The third-order valence-electron chi connectivity index (χ3n) is 7.19. The van der Waals surface area contributed by atoms with Crippen LogP contribution in [0.1, 0.15) is 0 Å². The van der Waals surface area contributed by atoms with Crippen molar-refractivity contribution in [1.29, 1.82) is 0 Å². The number of rotatable bonds is 1. The molecule has 0 aliphatic carbocycles. The Morgan fingerprint density at radius 3 is 1.92 bits per heavy atom. The van der Waals surface area contributed by atoms with Crippen molar-refractivity contribution >= 4 is 81.8 Å². The van der Waals surface area contributed by atoms with Gasteiger partial charge in [0.2, 0.25) is 0 Å². The minimum atomic E-state index is -0.778. The Labute approximate surface area is 219 Å². The molecule has 0 aliphatic rings. The van der Waals surface area contributed by atoms with Gasteiger partial charge in [0.25, 0.3) is 0 Å². The van der Waals surface area contributed by atoms with Crippen molar-refractivity contribution in [2.45, 2.75) is 0 Å². The number of benzene rings is 5. The van der Waals surface area contributed by atoms with Crippen molar-refractivity contribution in [2.75, 3.05) is 0 Å². The van der Waals surface area contributed by atoms with E-state index in [9.17, 15) is 9.59 Å². The van der Waals surface area contributed by atoms with Crippen LogP contribution in [0.5, 0.6) is 0 Å². The van der Waals surface area contributed by atoms with Gasteiger partial charge in [-0.25, -0.2) is 0 Å². The van der Waals surface area contributed by atoms with Crippen LogP contribution in [0.4, 0.5) is 0 Å². The summed E-state index contributed by atoms with van der Waals surface area (Å²) < 4.78 is 10.9. The first-order valence-electron chi connectivity index (χ1n) is 12.0. The maximum atomic E-state index is 13.8. The fourth-order valence-corrected chi connectivity index (χ4v) is 8.60. The topological polar surface area (TPSA) is 52.2 Å². The average Bonchev–Trinajstić information content (AvgIpc) is 3.27. The molecule has 8 aromatic rings. The predicted octanol–water partition coefficient (Wildman–Crippen LogP) is 6.77. The molecule has 0 amide bonds. The second-order valence-corrected chi connectivity index (χ2v) is 12.3. The normalized spacial score (nSPS) is 12.0. The van der Waals surface area contributed by atoms with Crippen LogP contribution in [0, 0.1) is 0 Å². The molecule has 5 aromatic carbocycles. The Hall–Kier alpha value is -4.17. The molecule has 3 heterocycles. The molecule has 0 aliphatic heterocycles. The van der Waals surface area contributed by atoms with Crippen LogP contribution in [-0.2, 0) is 0 Å². The summed E-state index contributed by atoms with van der Waals surface area (Å²) in [5.41, 5.74) is 3.88. The molecule has 0 saturated carbocycles. The van der Waals surface area contributed by atoms with E-state index in [1.54, 1.807) is 6.07 Å². The Balaban J connectivity index is 1.52. The van der Waals surface area contributed by atoms with Gasteiger partial charge in [-0.2, -0.15) is 0 Å². The zero-order valence-corrected chi connectivity index (χ0v) is 21.7. The Kier molecular flexibility index (Phi) is 4.34. The molecule has 0 atom stereocenters. The fourth-order valence-electron chi connectivity index (χ4n) is 5.52. The zero-order chi connectivity index (χ0) is 24.7. The van der Waals surface area contributed by atoms with Gasteiger partial charge >= 0.3 is 220 Å². The monoisotopic (exact) mass is 593 g/mol. The van der Waals surface area contributed by atoms with E-state index in [4.69, 9.17) is 4.42 Å². The average molecular weight is 591 g/mol. The summed E-state index contributed by atoms with van der Waals surface area (Å²) in [5, 5.41) is 4.65. The molecule has 3 aromatic heterocycles. The van der Waals surface area contributed by atoms with Gasteiger partial charge in [0.05, 0.1) is 0 Å². The van der Waals surface area contributed by atoms with E-state index in [0.717, 1.165) is 39.7 Å². The Bertz CT molecular complexity index is 2300. The van der Waals surface area contributed by atoms with Crippen LogP contribution in [0.25, 0.3) is 67.0 Å². The third kappa shape index (κ3) is 2.90.